The Bertz CT molecular complexity index is 436. The molecule has 0 aliphatic carbocycles. The first kappa shape index (κ1) is 12.9. The van der Waals surface area contributed by atoms with Gasteiger partial charge in [0, 0.05) is 25.7 Å². The lowest BCUT2D eigenvalue weighted by atomic mass is 10.0. The number of amides is 1. The lowest BCUT2D eigenvalue weighted by molar-refractivity contribution is -0.124. The largest absolute Gasteiger partial charge is 0.508 e. The summed E-state index contributed by atoms with van der Waals surface area (Å²) in [6.07, 6.45) is 0. The maximum atomic E-state index is 11.5. The van der Waals surface area contributed by atoms with Gasteiger partial charge in [-0.1, -0.05) is 12.1 Å². The first-order valence-corrected chi connectivity index (χ1v) is 6.14. The van der Waals surface area contributed by atoms with Crippen molar-refractivity contribution < 1.29 is 9.90 Å². The smallest absolute Gasteiger partial charge is 0.236 e. The molecule has 1 heterocycles. The SMILES string of the molecule is CC(c1cccc(O)c1)N1CCNCC1C(N)=O. The zero-order valence-electron chi connectivity index (χ0n) is 10.5. The van der Waals surface area contributed by atoms with Gasteiger partial charge in [0.15, 0.2) is 0 Å². The Hall–Kier alpha value is -1.59. The molecule has 5 heteroatoms. The molecule has 1 aromatic rings. The highest BCUT2D eigenvalue weighted by molar-refractivity contribution is 5.80. The van der Waals surface area contributed by atoms with Gasteiger partial charge in [-0.05, 0) is 24.6 Å². The molecule has 1 saturated heterocycles. The van der Waals surface area contributed by atoms with Gasteiger partial charge in [0.2, 0.25) is 5.91 Å². The number of hydrogen-bond acceptors (Lipinski definition) is 4. The van der Waals surface area contributed by atoms with Crippen molar-refractivity contribution in [1.82, 2.24) is 10.2 Å². The molecule has 98 valence electrons. The summed E-state index contributed by atoms with van der Waals surface area (Å²) < 4.78 is 0. The van der Waals surface area contributed by atoms with Gasteiger partial charge in [-0.2, -0.15) is 0 Å². The van der Waals surface area contributed by atoms with Gasteiger partial charge in [-0.3, -0.25) is 9.69 Å². The van der Waals surface area contributed by atoms with Crippen molar-refractivity contribution in [2.75, 3.05) is 19.6 Å². The van der Waals surface area contributed by atoms with Gasteiger partial charge >= 0.3 is 0 Å². The summed E-state index contributed by atoms with van der Waals surface area (Å²) in [5.41, 5.74) is 6.42. The van der Waals surface area contributed by atoms with Crippen molar-refractivity contribution >= 4 is 5.91 Å². The minimum atomic E-state index is -0.311. The Labute approximate surface area is 107 Å². The van der Waals surface area contributed by atoms with Crippen LogP contribution in [-0.4, -0.2) is 41.6 Å². The van der Waals surface area contributed by atoms with E-state index in [9.17, 15) is 9.90 Å². The topological polar surface area (TPSA) is 78.6 Å². The first-order chi connectivity index (χ1) is 8.59. The van der Waals surface area contributed by atoms with Crippen molar-refractivity contribution in [2.45, 2.75) is 19.0 Å². The minimum absolute atomic E-state index is 0.0525. The molecule has 5 nitrogen and oxygen atoms in total. The zero-order valence-corrected chi connectivity index (χ0v) is 10.5. The molecule has 1 fully saturated rings. The number of carbonyl (C=O) groups excluding carboxylic acids is 1. The number of aromatic hydroxyl groups is 1. The third-order valence-electron chi connectivity index (χ3n) is 3.46. The van der Waals surface area contributed by atoms with Gasteiger partial charge in [0.05, 0.1) is 0 Å². The monoisotopic (exact) mass is 249 g/mol. The molecule has 2 unspecified atom stereocenters. The van der Waals surface area contributed by atoms with Crippen LogP contribution in [0.1, 0.15) is 18.5 Å². The van der Waals surface area contributed by atoms with Gasteiger partial charge < -0.3 is 16.2 Å². The summed E-state index contributed by atoms with van der Waals surface area (Å²) >= 11 is 0. The summed E-state index contributed by atoms with van der Waals surface area (Å²) in [6.45, 7) is 4.21. The van der Waals surface area contributed by atoms with Crippen LogP contribution in [0.2, 0.25) is 0 Å². The van der Waals surface area contributed by atoms with Crippen LogP contribution in [0, 0.1) is 0 Å². The number of phenolic OH excluding ortho intramolecular Hbond substituents is 1. The molecule has 4 N–H and O–H groups in total. The second kappa shape index (κ2) is 5.37. The molecular formula is C13H19N3O2. The number of nitrogens with zero attached hydrogens (tertiary/aromatic N) is 1. The van der Waals surface area contributed by atoms with Crippen LogP contribution in [0.15, 0.2) is 24.3 Å². The summed E-state index contributed by atoms with van der Waals surface area (Å²) in [6, 6.07) is 6.88. The Morgan fingerprint density at radius 2 is 2.39 bits per heavy atom. The predicted octanol–water partition coefficient (Wildman–Crippen LogP) is 0.212. The number of primary amides is 1. The molecule has 1 aliphatic heterocycles. The number of phenols is 1. The second-order valence-electron chi connectivity index (χ2n) is 4.63. The number of nitrogens with one attached hydrogen (secondary N) is 1. The van der Waals surface area contributed by atoms with Crippen LogP contribution in [-0.2, 0) is 4.79 Å². The molecular weight excluding hydrogens is 230 g/mol. The second-order valence-corrected chi connectivity index (χ2v) is 4.63. The van der Waals surface area contributed by atoms with Gasteiger partial charge in [0.25, 0.3) is 0 Å². The van der Waals surface area contributed by atoms with Crippen molar-refractivity contribution in [3.8, 4) is 5.75 Å². The highest BCUT2D eigenvalue weighted by atomic mass is 16.3. The van der Waals surface area contributed by atoms with Crippen LogP contribution in [0.25, 0.3) is 0 Å². The van der Waals surface area contributed by atoms with E-state index in [-0.39, 0.29) is 23.7 Å². The van der Waals surface area contributed by atoms with Crippen molar-refractivity contribution in [3.05, 3.63) is 29.8 Å². The predicted molar refractivity (Wildman–Crippen MR) is 69.1 cm³/mol. The van der Waals surface area contributed by atoms with Crippen molar-refractivity contribution in [2.24, 2.45) is 5.73 Å². The number of benzene rings is 1. The van der Waals surface area contributed by atoms with Crippen LogP contribution in [0.5, 0.6) is 5.75 Å². The van der Waals surface area contributed by atoms with E-state index >= 15 is 0 Å². The van der Waals surface area contributed by atoms with Gasteiger partial charge in [0.1, 0.15) is 11.8 Å². The van der Waals surface area contributed by atoms with Crippen molar-refractivity contribution in [3.63, 3.8) is 0 Å². The molecule has 2 atom stereocenters. The molecule has 0 bridgehead atoms. The molecule has 1 amide bonds. The maximum absolute atomic E-state index is 11.5. The summed E-state index contributed by atoms with van der Waals surface area (Å²) in [5.74, 6) is -0.0701. The van der Waals surface area contributed by atoms with E-state index in [1.165, 1.54) is 0 Å². The standard InChI is InChI=1S/C13H19N3O2/c1-9(10-3-2-4-11(17)7-10)16-6-5-15-8-12(16)13(14)18/h2-4,7,9,12,15,17H,5-6,8H2,1H3,(H2,14,18). The maximum Gasteiger partial charge on any atom is 0.236 e. The van der Waals surface area contributed by atoms with Crippen LogP contribution in [0.3, 0.4) is 0 Å². The van der Waals surface area contributed by atoms with Crippen LogP contribution in [0.4, 0.5) is 0 Å². The Kier molecular flexibility index (Phi) is 3.84. The molecule has 0 radical (unpaired) electrons. The van der Waals surface area contributed by atoms with E-state index < -0.39 is 0 Å². The van der Waals surface area contributed by atoms with E-state index in [0.717, 1.165) is 18.7 Å². The number of rotatable bonds is 3. The molecule has 1 aliphatic rings. The van der Waals surface area contributed by atoms with E-state index in [0.29, 0.717) is 6.54 Å². The fourth-order valence-electron chi connectivity index (χ4n) is 2.42. The number of hydrogen-bond donors (Lipinski definition) is 3. The van der Waals surface area contributed by atoms with Crippen LogP contribution < -0.4 is 11.1 Å². The average molecular weight is 249 g/mol. The molecule has 0 aromatic heterocycles. The summed E-state index contributed by atoms with van der Waals surface area (Å²) in [7, 11) is 0. The Balaban J connectivity index is 2.20. The molecule has 0 spiro atoms. The lowest BCUT2D eigenvalue weighted by Crippen LogP contribution is -2.57. The van der Waals surface area contributed by atoms with E-state index in [2.05, 4.69) is 10.2 Å². The van der Waals surface area contributed by atoms with E-state index in [1.807, 2.05) is 19.1 Å². The number of piperazine rings is 1. The average Bonchev–Trinajstić information content (AvgIpc) is 2.38. The van der Waals surface area contributed by atoms with Gasteiger partial charge in [-0.15, -0.1) is 0 Å². The molecule has 1 aromatic carbocycles. The van der Waals surface area contributed by atoms with E-state index in [4.69, 9.17) is 5.73 Å². The van der Waals surface area contributed by atoms with Crippen LogP contribution >= 0.6 is 0 Å². The fraction of sp³-hybridized carbons (Fsp3) is 0.462. The first-order valence-electron chi connectivity index (χ1n) is 6.14. The Morgan fingerprint density at radius 3 is 3.06 bits per heavy atom. The highest BCUT2D eigenvalue weighted by Crippen LogP contribution is 2.25. The molecule has 0 saturated carbocycles. The third kappa shape index (κ3) is 2.63. The normalized spacial score (nSPS) is 22.6. The van der Waals surface area contributed by atoms with Crippen molar-refractivity contribution in [1.29, 1.82) is 0 Å². The highest BCUT2D eigenvalue weighted by Gasteiger charge is 2.30. The number of carbonyl (C=O) groups is 1. The Morgan fingerprint density at radius 1 is 1.61 bits per heavy atom. The number of nitrogens with two attached hydrogens (primary N) is 1. The lowest BCUT2D eigenvalue weighted by Gasteiger charge is -2.38. The third-order valence-corrected chi connectivity index (χ3v) is 3.46. The molecule has 2 rings (SSSR count). The summed E-state index contributed by atoms with van der Waals surface area (Å²) in [5, 5.41) is 12.7. The van der Waals surface area contributed by atoms with E-state index in [1.54, 1.807) is 12.1 Å². The molecule has 18 heavy (non-hydrogen) atoms. The minimum Gasteiger partial charge on any atom is -0.508 e. The quantitative estimate of drug-likeness (QED) is 0.715. The zero-order chi connectivity index (χ0) is 13.1. The fourth-order valence-corrected chi connectivity index (χ4v) is 2.42. The summed E-state index contributed by atoms with van der Waals surface area (Å²) in [4.78, 5) is 13.5. The van der Waals surface area contributed by atoms with Gasteiger partial charge in [-0.25, -0.2) is 0 Å².